The zero-order chi connectivity index (χ0) is 19.0. The Bertz CT molecular complexity index is 1180. The molecule has 0 aliphatic heterocycles. The molecule has 4 aromatic rings. The quantitative estimate of drug-likeness (QED) is 0.361. The minimum absolute atomic E-state index is 0. The molecule has 1 amide bonds. The molecule has 7 nitrogen and oxygen atoms in total. The van der Waals surface area contributed by atoms with Crippen LogP contribution >= 0.6 is 12.4 Å². The fraction of sp³-hybridized carbons (Fsp3) is 0.200. The smallest absolute Gasteiger partial charge is 0.257 e. The molecule has 0 aliphatic rings. The summed E-state index contributed by atoms with van der Waals surface area (Å²) in [7, 11) is 1.82. The van der Waals surface area contributed by atoms with Gasteiger partial charge in [-0.1, -0.05) is 24.3 Å². The Morgan fingerprint density at radius 1 is 1.11 bits per heavy atom. The molecule has 0 aliphatic carbocycles. The number of phenolic OH excluding ortho intramolecular Hbond substituents is 1. The third kappa shape index (κ3) is 3.30. The van der Waals surface area contributed by atoms with Crippen LogP contribution in [0, 0.1) is 0 Å². The van der Waals surface area contributed by atoms with E-state index in [0.717, 1.165) is 5.39 Å². The van der Waals surface area contributed by atoms with E-state index in [1.165, 1.54) is 0 Å². The molecule has 28 heavy (non-hydrogen) atoms. The highest BCUT2D eigenvalue weighted by atomic mass is 35.5. The van der Waals surface area contributed by atoms with Crippen molar-refractivity contribution in [2.24, 2.45) is 0 Å². The number of hydrogen-bond donors (Lipinski definition) is 3. The van der Waals surface area contributed by atoms with Crippen LogP contribution in [0.2, 0.25) is 0 Å². The predicted molar refractivity (Wildman–Crippen MR) is 112 cm³/mol. The summed E-state index contributed by atoms with van der Waals surface area (Å²) in [5, 5.41) is 18.1. The molecule has 8 heteroatoms. The van der Waals surface area contributed by atoms with Crippen molar-refractivity contribution in [1.29, 1.82) is 0 Å². The van der Waals surface area contributed by atoms with Crippen molar-refractivity contribution in [3.05, 3.63) is 48.3 Å². The lowest BCUT2D eigenvalue weighted by atomic mass is 10.0. The molecule has 3 N–H and O–H groups in total. The lowest BCUT2D eigenvalue weighted by Crippen LogP contribution is -2.37. The average Bonchev–Trinajstić information content (AvgIpc) is 2.71. The molecular weight excluding hydrogens is 378 g/mol. The number of fused-ring (bicyclic) bond motifs is 4. The van der Waals surface area contributed by atoms with Gasteiger partial charge in [0.15, 0.2) is 0 Å². The maximum Gasteiger partial charge on any atom is 0.257 e. The molecule has 2 aromatic heterocycles. The van der Waals surface area contributed by atoms with E-state index < -0.39 is 0 Å². The van der Waals surface area contributed by atoms with E-state index in [1.54, 1.807) is 24.5 Å². The monoisotopic (exact) mass is 397 g/mol. The van der Waals surface area contributed by atoms with Crippen LogP contribution < -0.4 is 10.6 Å². The topological polar surface area (TPSA) is 100 Å². The standard InChI is InChI=1S/C20H19N5O2.ClH/c1-11(21-2)9-23-20(27)16-18-17(12-5-3-4-6-13(12)19(16)26)24-14-7-8-22-10-15(14)25-18;/h3-8,10-11,21,26H,9H2,1-2H3,(H,23,27);1H. The van der Waals surface area contributed by atoms with Crippen LogP contribution in [0.25, 0.3) is 32.8 Å². The van der Waals surface area contributed by atoms with E-state index in [-0.39, 0.29) is 35.7 Å². The van der Waals surface area contributed by atoms with Gasteiger partial charge in [-0.15, -0.1) is 12.4 Å². The highest BCUT2D eigenvalue weighted by molar-refractivity contribution is 6.19. The highest BCUT2D eigenvalue weighted by Gasteiger charge is 2.22. The number of benzene rings is 2. The maximum atomic E-state index is 12.9. The number of phenols is 1. The molecular formula is C20H20ClN5O2. The van der Waals surface area contributed by atoms with Gasteiger partial charge in [-0.2, -0.15) is 0 Å². The van der Waals surface area contributed by atoms with Crippen molar-refractivity contribution in [3.8, 4) is 5.75 Å². The van der Waals surface area contributed by atoms with Gasteiger partial charge in [0.05, 0.1) is 17.2 Å². The fourth-order valence-corrected chi connectivity index (χ4v) is 3.06. The molecule has 0 fully saturated rings. The SMILES string of the molecule is CNC(C)CNC(=O)c1c(O)c2ccccc2c2nc3ccncc3nc12.Cl. The molecule has 144 valence electrons. The number of carbonyl (C=O) groups is 1. The lowest BCUT2D eigenvalue weighted by molar-refractivity contribution is 0.0949. The molecule has 0 spiro atoms. The number of aromatic hydroxyl groups is 1. The van der Waals surface area contributed by atoms with E-state index in [1.807, 2.05) is 32.2 Å². The van der Waals surface area contributed by atoms with Crippen LogP contribution in [0.1, 0.15) is 17.3 Å². The van der Waals surface area contributed by atoms with Gasteiger partial charge < -0.3 is 15.7 Å². The number of amides is 1. The predicted octanol–water partition coefficient (Wildman–Crippen LogP) is 2.80. The van der Waals surface area contributed by atoms with E-state index in [9.17, 15) is 9.90 Å². The van der Waals surface area contributed by atoms with E-state index in [2.05, 4.69) is 20.6 Å². The normalized spacial score (nSPS) is 12.1. The van der Waals surface area contributed by atoms with Crippen molar-refractivity contribution in [1.82, 2.24) is 25.6 Å². The second-order valence-corrected chi connectivity index (χ2v) is 6.45. The number of halogens is 1. The van der Waals surface area contributed by atoms with E-state index >= 15 is 0 Å². The third-order valence-corrected chi connectivity index (χ3v) is 4.67. The van der Waals surface area contributed by atoms with Gasteiger partial charge in [-0.3, -0.25) is 9.78 Å². The van der Waals surface area contributed by atoms with Gasteiger partial charge in [0.2, 0.25) is 0 Å². The van der Waals surface area contributed by atoms with Crippen LogP contribution in [0.4, 0.5) is 0 Å². The number of nitrogens with zero attached hydrogens (tertiary/aromatic N) is 3. The summed E-state index contributed by atoms with van der Waals surface area (Å²) in [6.07, 6.45) is 3.25. The number of aromatic nitrogens is 3. The maximum absolute atomic E-state index is 12.9. The molecule has 0 saturated carbocycles. The second-order valence-electron chi connectivity index (χ2n) is 6.45. The molecule has 0 saturated heterocycles. The minimum Gasteiger partial charge on any atom is -0.506 e. The zero-order valence-corrected chi connectivity index (χ0v) is 16.2. The molecule has 0 bridgehead atoms. The van der Waals surface area contributed by atoms with Gasteiger partial charge in [-0.25, -0.2) is 9.97 Å². The Hall–Kier alpha value is -3.03. The molecule has 4 rings (SSSR count). The Balaban J connectivity index is 0.00000225. The van der Waals surface area contributed by atoms with Crippen molar-refractivity contribution in [3.63, 3.8) is 0 Å². The van der Waals surface area contributed by atoms with Gasteiger partial charge in [0, 0.05) is 29.6 Å². The Morgan fingerprint density at radius 3 is 2.57 bits per heavy atom. The van der Waals surface area contributed by atoms with Gasteiger partial charge in [0.1, 0.15) is 22.3 Å². The lowest BCUT2D eigenvalue weighted by Gasteiger charge is -2.15. The summed E-state index contributed by atoms with van der Waals surface area (Å²) in [5.74, 6) is -0.479. The second kappa shape index (κ2) is 7.92. The zero-order valence-electron chi connectivity index (χ0n) is 15.4. The summed E-state index contributed by atoms with van der Waals surface area (Å²) >= 11 is 0. The van der Waals surface area contributed by atoms with Crippen LogP contribution in [0.3, 0.4) is 0 Å². The van der Waals surface area contributed by atoms with E-state index in [0.29, 0.717) is 34.0 Å². The molecule has 1 unspecified atom stereocenters. The van der Waals surface area contributed by atoms with Crippen LogP contribution in [0.15, 0.2) is 42.7 Å². The first kappa shape index (κ1) is 19.7. The Kier molecular flexibility index (Phi) is 5.58. The highest BCUT2D eigenvalue weighted by Crippen LogP contribution is 2.36. The van der Waals surface area contributed by atoms with Gasteiger partial charge in [0.25, 0.3) is 5.91 Å². The summed E-state index contributed by atoms with van der Waals surface area (Å²) in [5.41, 5.74) is 2.32. The summed E-state index contributed by atoms with van der Waals surface area (Å²) < 4.78 is 0. The van der Waals surface area contributed by atoms with Crippen molar-refractivity contribution < 1.29 is 9.90 Å². The van der Waals surface area contributed by atoms with E-state index in [4.69, 9.17) is 4.98 Å². The van der Waals surface area contributed by atoms with Gasteiger partial charge in [-0.05, 0) is 20.0 Å². The number of hydrogen-bond acceptors (Lipinski definition) is 6. The Morgan fingerprint density at radius 2 is 1.82 bits per heavy atom. The van der Waals surface area contributed by atoms with Crippen molar-refractivity contribution >= 4 is 51.2 Å². The van der Waals surface area contributed by atoms with Crippen molar-refractivity contribution in [2.45, 2.75) is 13.0 Å². The Labute approximate surface area is 167 Å². The number of rotatable bonds is 4. The average molecular weight is 398 g/mol. The third-order valence-electron chi connectivity index (χ3n) is 4.67. The number of pyridine rings is 1. The molecule has 1 atom stereocenters. The minimum atomic E-state index is -0.386. The first-order valence-corrected chi connectivity index (χ1v) is 8.70. The molecule has 0 radical (unpaired) electrons. The number of likely N-dealkylation sites (N-methyl/N-ethyl adjacent to an activating group) is 1. The first-order chi connectivity index (χ1) is 13.1. The molecule has 2 aromatic carbocycles. The van der Waals surface area contributed by atoms with Crippen molar-refractivity contribution in [2.75, 3.05) is 13.6 Å². The summed E-state index contributed by atoms with van der Waals surface area (Å²) in [6, 6.07) is 9.20. The van der Waals surface area contributed by atoms with Crippen LogP contribution in [-0.2, 0) is 0 Å². The summed E-state index contributed by atoms with van der Waals surface area (Å²) in [6.45, 7) is 2.38. The largest absolute Gasteiger partial charge is 0.506 e. The molecule has 2 heterocycles. The number of nitrogens with one attached hydrogen (secondary N) is 2. The first-order valence-electron chi connectivity index (χ1n) is 8.70. The summed E-state index contributed by atoms with van der Waals surface area (Å²) in [4.78, 5) is 26.3. The van der Waals surface area contributed by atoms with Gasteiger partial charge >= 0.3 is 0 Å². The van der Waals surface area contributed by atoms with Crippen LogP contribution in [-0.4, -0.2) is 45.6 Å². The number of carbonyl (C=O) groups excluding carboxylic acids is 1. The van der Waals surface area contributed by atoms with Crippen LogP contribution in [0.5, 0.6) is 5.75 Å². The fourth-order valence-electron chi connectivity index (χ4n) is 3.06.